The van der Waals surface area contributed by atoms with Crippen LogP contribution in [0.1, 0.15) is 32.6 Å². The normalized spacial score (nSPS) is 26.1. The SMILES string of the molecule is CCC1C(=O)NC(C2CC2)C(=O)N1CCOCCCOC. The van der Waals surface area contributed by atoms with E-state index in [2.05, 4.69) is 5.32 Å². The van der Waals surface area contributed by atoms with Gasteiger partial charge in [0, 0.05) is 26.9 Å². The van der Waals surface area contributed by atoms with E-state index in [4.69, 9.17) is 9.47 Å². The molecule has 0 aromatic rings. The molecule has 6 heteroatoms. The Balaban J connectivity index is 1.83. The van der Waals surface area contributed by atoms with Crippen molar-refractivity contribution < 1.29 is 19.1 Å². The van der Waals surface area contributed by atoms with Crippen molar-refractivity contribution in [2.75, 3.05) is 33.5 Å². The number of carbonyl (C=O) groups is 2. The van der Waals surface area contributed by atoms with Gasteiger partial charge in [-0.2, -0.15) is 0 Å². The summed E-state index contributed by atoms with van der Waals surface area (Å²) < 4.78 is 10.5. The number of hydrogen-bond donors (Lipinski definition) is 1. The first-order chi connectivity index (χ1) is 10.2. The first-order valence-electron chi connectivity index (χ1n) is 7.86. The quantitative estimate of drug-likeness (QED) is 0.631. The van der Waals surface area contributed by atoms with Crippen molar-refractivity contribution in [1.82, 2.24) is 10.2 Å². The molecule has 1 aliphatic carbocycles. The lowest BCUT2D eigenvalue weighted by molar-refractivity contribution is -0.151. The van der Waals surface area contributed by atoms with Gasteiger partial charge in [-0.3, -0.25) is 9.59 Å². The Kier molecular flexibility index (Phi) is 5.99. The number of amides is 2. The molecule has 120 valence electrons. The molecule has 2 unspecified atom stereocenters. The van der Waals surface area contributed by atoms with Crippen molar-refractivity contribution in [3.8, 4) is 0 Å². The van der Waals surface area contributed by atoms with E-state index in [-0.39, 0.29) is 23.9 Å². The Bertz CT molecular complexity index is 371. The summed E-state index contributed by atoms with van der Waals surface area (Å²) in [6, 6.07) is -0.663. The van der Waals surface area contributed by atoms with Crippen LogP contribution in [-0.2, 0) is 19.1 Å². The van der Waals surface area contributed by atoms with Crippen LogP contribution in [0.5, 0.6) is 0 Å². The van der Waals surface area contributed by atoms with E-state index in [1.807, 2.05) is 6.92 Å². The van der Waals surface area contributed by atoms with Crippen LogP contribution >= 0.6 is 0 Å². The van der Waals surface area contributed by atoms with Gasteiger partial charge in [0.15, 0.2) is 0 Å². The van der Waals surface area contributed by atoms with Crippen molar-refractivity contribution >= 4 is 11.8 Å². The molecule has 1 heterocycles. The third-order valence-corrected chi connectivity index (χ3v) is 4.12. The fourth-order valence-electron chi connectivity index (χ4n) is 2.78. The average Bonchev–Trinajstić information content (AvgIpc) is 3.30. The van der Waals surface area contributed by atoms with Gasteiger partial charge in [-0.15, -0.1) is 0 Å². The molecule has 0 bridgehead atoms. The average molecular weight is 298 g/mol. The van der Waals surface area contributed by atoms with E-state index >= 15 is 0 Å². The molecular formula is C15H26N2O4. The molecule has 1 saturated heterocycles. The molecule has 6 nitrogen and oxygen atoms in total. The van der Waals surface area contributed by atoms with Gasteiger partial charge in [-0.05, 0) is 31.6 Å². The van der Waals surface area contributed by atoms with Crippen LogP contribution in [-0.4, -0.2) is 62.3 Å². The zero-order valence-electron chi connectivity index (χ0n) is 13.0. The lowest BCUT2D eigenvalue weighted by Crippen LogP contribution is -2.64. The summed E-state index contributed by atoms with van der Waals surface area (Å²) >= 11 is 0. The third-order valence-electron chi connectivity index (χ3n) is 4.12. The van der Waals surface area contributed by atoms with Crippen LogP contribution in [0.4, 0.5) is 0 Å². The minimum absolute atomic E-state index is 0.0200. The molecule has 21 heavy (non-hydrogen) atoms. The highest BCUT2D eigenvalue weighted by Crippen LogP contribution is 2.35. The first kappa shape index (κ1) is 16.2. The maximum atomic E-state index is 12.5. The van der Waals surface area contributed by atoms with Crippen LogP contribution in [0.3, 0.4) is 0 Å². The molecule has 0 aromatic carbocycles. The molecule has 0 radical (unpaired) electrons. The highest BCUT2D eigenvalue weighted by Gasteiger charge is 2.46. The van der Waals surface area contributed by atoms with E-state index in [0.29, 0.717) is 38.7 Å². The molecule has 2 rings (SSSR count). The Morgan fingerprint density at radius 1 is 1.24 bits per heavy atom. The second-order valence-electron chi connectivity index (χ2n) is 5.74. The Hall–Kier alpha value is -1.14. The molecule has 1 N–H and O–H groups in total. The number of nitrogens with one attached hydrogen (secondary N) is 1. The summed E-state index contributed by atoms with van der Waals surface area (Å²) in [4.78, 5) is 26.4. The van der Waals surface area contributed by atoms with E-state index in [0.717, 1.165) is 19.3 Å². The van der Waals surface area contributed by atoms with Crippen molar-refractivity contribution in [3.63, 3.8) is 0 Å². The lowest BCUT2D eigenvalue weighted by atomic mass is 10.0. The molecular weight excluding hydrogens is 272 g/mol. The molecule has 2 fully saturated rings. The molecule has 0 spiro atoms. The Labute approximate surface area is 126 Å². The van der Waals surface area contributed by atoms with Gasteiger partial charge in [-0.1, -0.05) is 6.92 Å². The second-order valence-corrected chi connectivity index (χ2v) is 5.74. The molecule has 2 atom stereocenters. The highest BCUT2D eigenvalue weighted by atomic mass is 16.5. The number of carbonyl (C=O) groups excluding carboxylic acids is 2. The first-order valence-corrected chi connectivity index (χ1v) is 7.86. The summed E-state index contributed by atoms with van der Waals surface area (Å²) in [6.07, 6.45) is 3.55. The topological polar surface area (TPSA) is 67.9 Å². The van der Waals surface area contributed by atoms with Crippen LogP contribution in [0, 0.1) is 5.92 Å². The van der Waals surface area contributed by atoms with Crippen molar-refractivity contribution in [2.45, 2.75) is 44.7 Å². The number of piperazine rings is 1. The summed E-state index contributed by atoms with van der Waals surface area (Å²) in [5.74, 6) is 0.377. The largest absolute Gasteiger partial charge is 0.385 e. The van der Waals surface area contributed by atoms with Gasteiger partial charge in [0.2, 0.25) is 11.8 Å². The van der Waals surface area contributed by atoms with Crippen LogP contribution in [0.2, 0.25) is 0 Å². The number of hydrogen-bond acceptors (Lipinski definition) is 4. The molecule has 2 amide bonds. The molecule has 1 saturated carbocycles. The smallest absolute Gasteiger partial charge is 0.246 e. The van der Waals surface area contributed by atoms with Crippen molar-refractivity contribution in [1.29, 1.82) is 0 Å². The standard InChI is InChI=1S/C15H26N2O4/c1-3-12-14(18)16-13(11-5-6-11)15(19)17(12)7-10-21-9-4-8-20-2/h11-13H,3-10H2,1-2H3,(H,16,18). The van der Waals surface area contributed by atoms with E-state index in [9.17, 15) is 9.59 Å². The van der Waals surface area contributed by atoms with Crippen LogP contribution in [0.15, 0.2) is 0 Å². The van der Waals surface area contributed by atoms with Gasteiger partial charge in [0.05, 0.1) is 6.61 Å². The Morgan fingerprint density at radius 2 is 2.00 bits per heavy atom. The third kappa shape index (κ3) is 4.17. The Morgan fingerprint density at radius 3 is 2.62 bits per heavy atom. The van der Waals surface area contributed by atoms with E-state index in [1.54, 1.807) is 12.0 Å². The number of nitrogens with zero attached hydrogens (tertiary/aromatic N) is 1. The van der Waals surface area contributed by atoms with Gasteiger partial charge in [-0.25, -0.2) is 0 Å². The lowest BCUT2D eigenvalue weighted by Gasteiger charge is -2.38. The van der Waals surface area contributed by atoms with Gasteiger partial charge >= 0.3 is 0 Å². The van der Waals surface area contributed by atoms with Gasteiger partial charge in [0.1, 0.15) is 12.1 Å². The predicted octanol–water partition coefficient (Wildman–Crippen LogP) is 0.555. The van der Waals surface area contributed by atoms with Crippen molar-refractivity contribution in [2.24, 2.45) is 5.92 Å². The molecule has 2 aliphatic rings. The highest BCUT2D eigenvalue weighted by molar-refractivity contribution is 5.97. The minimum Gasteiger partial charge on any atom is -0.385 e. The van der Waals surface area contributed by atoms with Gasteiger partial charge in [0.25, 0.3) is 0 Å². The van der Waals surface area contributed by atoms with E-state index < -0.39 is 0 Å². The summed E-state index contributed by atoms with van der Waals surface area (Å²) in [7, 11) is 1.66. The molecule has 0 aromatic heterocycles. The number of ether oxygens (including phenoxy) is 2. The van der Waals surface area contributed by atoms with Gasteiger partial charge < -0.3 is 19.7 Å². The molecule has 1 aliphatic heterocycles. The second kappa shape index (κ2) is 7.75. The zero-order chi connectivity index (χ0) is 15.2. The summed E-state index contributed by atoms with van der Waals surface area (Å²) in [6.45, 7) is 4.18. The number of methoxy groups -OCH3 is 1. The fourth-order valence-corrected chi connectivity index (χ4v) is 2.78. The number of rotatable bonds is 9. The maximum absolute atomic E-state index is 12.5. The summed E-state index contributed by atoms with van der Waals surface area (Å²) in [5.41, 5.74) is 0. The monoisotopic (exact) mass is 298 g/mol. The zero-order valence-corrected chi connectivity index (χ0v) is 13.0. The van der Waals surface area contributed by atoms with Crippen LogP contribution < -0.4 is 5.32 Å². The minimum atomic E-state index is -0.352. The summed E-state index contributed by atoms with van der Waals surface area (Å²) in [5, 5.41) is 2.89. The van der Waals surface area contributed by atoms with Crippen molar-refractivity contribution in [3.05, 3.63) is 0 Å². The maximum Gasteiger partial charge on any atom is 0.246 e. The van der Waals surface area contributed by atoms with E-state index in [1.165, 1.54) is 0 Å². The van der Waals surface area contributed by atoms with Crippen LogP contribution in [0.25, 0.3) is 0 Å². The fraction of sp³-hybridized carbons (Fsp3) is 0.867. The predicted molar refractivity (Wildman–Crippen MR) is 77.8 cm³/mol.